The molecule has 0 saturated heterocycles. The number of nitrogens with zero attached hydrogens (tertiary/aromatic N) is 2. The van der Waals surface area contributed by atoms with Crippen LogP contribution in [0.5, 0.6) is 0 Å². The lowest BCUT2D eigenvalue weighted by molar-refractivity contribution is -0.125. The highest BCUT2D eigenvalue weighted by atomic mass is 16.4. The third-order valence-corrected chi connectivity index (χ3v) is 7.11. The molecule has 0 radical (unpaired) electrons. The molecule has 3 amide bonds. The highest BCUT2D eigenvalue weighted by molar-refractivity contribution is 6.43. The van der Waals surface area contributed by atoms with E-state index in [1.807, 2.05) is 51.1 Å². The van der Waals surface area contributed by atoms with Crippen molar-refractivity contribution in [1.82, 2.24) is 20.9 Å². The Kier molecular flexibility index (Phi) is 13.3. The normalized spacial score (nSPS) is 13.8. The number of nitrogens with one attached hydrogen (secondary N) is 3. The van der Waals surface area contributed by atoms with E-state index >= 15 is 0 Å². The number of unbranched alkanes of at least 4 members (excludes halogenated alkanes) is 1. The quantitative estimate of drug-likeness (QED) is 0.167. The molecule has 2 rings (SSSR count). The summed E-state index contributed by atoms with van der Waals surface area (Å²) in [5.41, 5.74) is 1.84. The van der Waals surface area contributed by atoms with Crippen molar-refractivity contribution in [2.45, 2.75) is 65.4 Å². The molecule has 10 nitrogen and oxygen atoms in total. The molecule has 2 aromatic rings. The number of carbonyl (C=O) groups is 3. The van der Waals surface area contributed by atoms with Gasteiger partial charge in [0, 0.05) is 18.9 Å². The molecule has 0 bridgehead atoms. The average Bonchev–Trinajstić information content (AvgIpc) is 2.92. The van der Waals surface area contributed by atoms with Crippen LogP contribution < -0.4 is 16.0 Å². The van der Waals surface area contributed by atoms with Crippen LogP contribution in [0.15, 0.2) is 48.8 Å². The average molecular weight is 549 g/mol. The summed E-state index contributed by atoms with van der Waals surface area (Å²) in [5, 5.41) is 37.5. The molecule has 11 heteroatoms. The predicted octanol–water partition coefficient (Wildman–Crippen LogP) is 1.95. The van der Waals surface area contributed by atoms with Crippen molar-refractivity contribution in [2.75, 3.05) is 6.54 Å². The van der Waals surface area contributed by atoms with Gasteiger partial charge in [-0.2, -0.15) is 5.26 Å². The van der Waals surface area contributed by atoms with E-state index in [9.17, 15) is 29.7 Å². The second kappa shape index (κ2) is 16.4. The second-order valence-electron chi connectivity index (χ2n) is 10.4. The molecular formula is C29H40BN5O5. The van der Waals surface area contributed by atoms with Gasteiger partial charge in [-0.05, 0) is 61.6 Å². The molecule has 214 valence electrons. The Bertz CT molecular complexity index is 1160. The Hall–Kier alpha value is -3.75. The number of nitriles is 1. The van der Waals surface area contributed by atoms with E-state index in [0.29, 0.717) is 30.5 Å². The molecule has 0 spiro atoms. The van der Waals surface area contributed by atoms with Crippen molar-refractivity contribution in [3.63, 3.8) is 0 Å². The maximum Gasteiger partial charge on any atom is 0.475 e. The topological polar surface area (TPSA) is 164 Å². The van der Waals surface area contributed by atoms with Gasteiger partial charge in [0.25, 0.3) is 5.91 Å². The second-order valence-corrected chi connectivity index (χ2v) is 10.4. The fourth-order valence-electron chi connectivity index (χ4n) is 4.18. The molecule has 4 atom stereocenters. The van der Waals surface area contributed by atoms with Gasteiger partial charge >= 0.3 is 7.12 Å². The van der Waals surface area contributed by atoms with Crippen LogP contribution in [0.25, 0.3) is 0 Å². The number of hydrogen-bond acceptors (Lipinski definition) is 7. The summed E-state index contributed by atoms with van der Waals surface area (Å²) in [6.07, 6.45) is 4.42. The summed E-state index contributed by atoms with van der Waals surface area (Å²) in [6, 6.07) is 11.9. The lowest BCUT2D eigenvalue weighted by Crippen LogP contribution is -2.54. The van der Waals surface area contributed by atoms with E-state index in [1.54, 1.807) is 19.2 Å². The van der Waals surface area contributed by atoms with Crippen LogP contribution in [0.1, 0.15) is 61.5 Å². The number of hydrogen-bond donors (Lipinski definition) is 5. The van der Waals surface area contributed by atoms with Gasteiger partial charge in [0.05, 0.1) is 17.6 Å². The van der Waals surface area contributed by atoms with Gasteiger partial charge in [-0.3, -0.25) is 19.4 Å². The number of amides is 3. The van der Waals surface area contributed by atoms with Gasteiger partial charge in [-0.25, -0.2) is 0 Å². The number of benzene rings is 1. The van der Waals surface area contributed by atoms with E-state index in [0.717, 1.165) is 5.56 Å². The van der Waals surface area contributed by atoms with E-state index in [2.05, 4.69) is 27.0 Å². The van der Waals surface area contributed by atoms with Gasteiger partial charge in [0.1, 0.15) is 12.0 Å². The van der Waals surface area contributed by atoms with Crippen LogP contribution in [0.4, 0.5) is 0 Å². The largest absolute Gasteiger partial charge is 0.475 e. The van der Waals surface area contributed by atoms with Gasteiger partial charge in [-0.15, -0.1) is 0 Å². The lowest BCUT2D eigenvalue weighted by atomic mass is 9.75. The third kappa shape index (κ3) is 10.1. The number of pyridine rings is 1. The summed E-state index contributed by atoms with van der Waals surface area (Å²) < 4.78 is 0. The van der Waals surface area contributed by atoms with Crippen LogP contribution in [0, 0.1) is 36.0 Å². The minimum atomic E-state index is -1.81. The first-order chi connectivity index (χ1) is 19.0. The van der Waals surface area contributed by atoms with E-state index < -0.39 is 36.8 Å². The number of aryl methyl sites for hydroxylation is 1. The highest BCUT2D eigenvalue weighted by Crippen LogP contribution is 2.20. The summed E-state index contributed by atoms with van der Waals surface area (Å²) >= 11 is 0. The lowest BCUT2D eigenvalue weighted by Gasteiger charge is -2.24. The molecule has 1 aromatic heterocycles. The number of carbonyl (C=O) groups excluding carboxylic acids is 3. The van der Waals surface area contributed by atoms with Gasteiger partial charge in [-0.1, -0.05) is 51.1 Å². The Labute approximate surface area is 236 Å². The first kappa shape index (κ1) is 32.5. The van der Waals surface area contributed by atoms with Crippen molar-refractivity contribution in [2.24, 2.45) is 17.8 Å². The predicted molar refractivity (Wildman–Crippen MR) is 152 cm³/mol. The summed E-state index contributed by atoms with van der Waals surface area (Å²) in [5.74, 6) is -2.98. The molecule has 0 aliphatic heterocycles. The first-order valence-corrected chi connectivity index (χ1v) is 13.6. The smallest absolute Gasteiger partial charge is 0.426 e. The summed E-state index contributed by atoms with van der Waals surface area (Å²) in [7, 11) is -1.81. The Morgan fingerprint density at radius 2 is 1.73 bits per heavy atom. The number of rotatable bonds is 15. The Balaban J connectivity index is 2.05. The molecule has 0 aliphatic carbocycles. The van der Waals surface area contributed by atoms with Crippen molar-refractivity contribution in [3.8, 4) is 6.07 Å². The molecule has 1 aromatic carbocycles. The molecule has 40 heavy (non-hydrogen) atoms. The summed E-state index contributed by atoms with van der Waals surface area (Å²) in [4.78, 5) is 42.7. The minimum absolute atomic E-state index is 0.0880. The van der Waals surface area contributed by atoms with Crippen LogP contribution in [-0.2, 0) is 16.0 Å². The van der Waals surface area contributed by atoms with Crippen molar-refractivity contribution in [1.29, 1.82) is 5.26 Å². The van der Waals surface area contributed by atoms with Crippen LogP contribution in [0.3, 0.4) is 0 Å². The molecule has 0 aliphatic rings. The fourth-order valence-corrected chi connectivity index (χ4v) is 4.18. The Morgan fingerprint density at radius 3 is 2.33 bits per heavy atom. The SMILES string of the molecule is Cc1ccncc1C(=O)N[C@@H](CCCCNC(=O)C(C#N)C(C)C(C)C)C(=O)N[C@@H](Cc1ccccc1)B(O)O. The van der Waals surface area contributed by atoms with E-state index in [4.69, 9.17) is 0 Å². The fraction of sp³-hybridized carbons (Fsp3) is 0.483. The van der Waals surface area contributed by atoms with Crippen LogP contribution in [0.2, 0.25) is 0 Å². The van der Waals surface area contributed by atoms with E-state index in [-0.39, 0.29) is 30.6 Å². The van der Waals surface area contributed by atoms with Crippen molar-refractivity contribution in [3.05, 3.63) is 65.5 Å². The van der Waals surface area contributed by atoms with Gasteiger partial charge in [0.15, 0.2) is 0 Å². The van der Waals surface area contributed by atoms with Crippen molar-refractivity contribution < 1.29 is 24.4 Å². The van der Waals surface area contributed by atoms with Gasteiger partial charge in [0.2, 0.25) is 11.8 Å². The third-order valence-electron chi connectivity index (χ3n) is 7.11. The maximum absolute atomic E-state index is 13.3. The van der Waals surface area contributed by atoms with Crippen LogP contribution >= 0.6 is 0 Å². The zero-order valence-electron chi connectivity index (χ0n) is 23.6. The maximum atomic E-state index is 13.3. The molecule has 1 heterocycles. The van der Waals surface area contributed by atoms with E-state index in [1.165, 1.54) is 6.20 Å². The summed E-state index contributed by atoms with van der Waals surface area (Å²) in [6.45, 7) is 7.89. The number of aromatic nitrogens is 1. The zero-order valence-corrected chi connectivity index (χ0v) is 23.6. The molecular weight excluding hydrogens is 509 g/mol. The Morgan fingerprint density at radius 1 is 1.02 bits per heavy atom. The zero-order chi connectivity index (χ0) is 29.7. The monoisotopic (exact) mass is 549 g/mol. The standard InChI is InChI=1S/C29H40BN5O5/c1-19(2)21(4)23(17-31)27(36)33-14-9-8-12-25(34-28(37)24-18-32-15-13-20(24)3)29(38)35-26(30(39)40)16-22-10-6-5-7-11-22/h5-7,10-11,13,15,18-19,21,23,25-26,39-40H,8-9,12,14,16H2,1-4H3,(H,33,36)(H,34,37)(H,35,38)/t21?,23?,25-,26-/m0/s1. The molecule has 5 N–H and O–H groups in total. The molecule has 0 saturated carbocycles. The van der Waals surface area contributed by atoms with Crippen LogP contribution in [-0.4, -0.2) is 58.4 Å². The molecule has 0 fully saturated rings. The highest BCUT2D eigenvalue weighted by Gasteiger charge is 2.30. The van der Waals surface area contributed by atoms with Gasteiger partial charge < -0.3 is 26.0 Å². The van der Waals surface area contributed by atoms with Crippen molar-refractivity contribution >= 4 is 24.8 Å². The minimum Gasteiger partial charge on any atom is -0.426 e. The first-order valence-electron chi connectivity index (χ1n) is 13.6. The molecule has 2 unspecified atom stereocenters.